The molecular formula is C23H31N3O8. The van der Waals surface area contributed by atoms with Crippen molar-refractivity contribution in [2.45, 2.75) is 64.3 Å². The normalized spacial score (nSPS) is 16.3. The van der Waals surface area contributed by atoms with Gasteiger partial charge in [-0.05, 0) is 39.2 Å². The molecule has 0 unspecified atom stereocenters. The second-order valence-corrected chi connectivity index (χ2v) is 8.85. The van der Waals surface area contributed by atoms with Gasteiger partial charge in [-0.3, -0.25) is 14.4 Å². The van der Waals surface area contributed by atoms with Crippen LogP contribution in [0, 0.1) is 0 Å². The van der Waals surface area contributed by atoms with Gasteiger partial charge in [-0.2, -0.15) is 0 Å². The molecule has 186 valence electrons. The number of nitrogens with one attached hydrogen (secondary N) is 2. The first-order chi connectivity index (χ1) is 16.0. The maximum atomic E-state index is 12.7. The van der Waals surface area contributed by atoms with Gasteiger partial charge in [0.15, 0.2) is 0 Å². The molecule has 1 aliphatic rings. The van der Waals surface area contributed by atoms with E-state index in [0.717, 1.165) is 5.56 Å². The highest BCUT2D eigenvalue weighted by Crippen LogP contribution is 2.17. The van der Waals surface area contributed by atoms with Crippen molar-refractivity contribution >= 4 is 29.8 Å². The number of carbonyl (C=O) groups excluding carboxylic acids is 4. The minimum atomic E-state index is -1.36. The van der Waals surface area contributed by atoms with Gasteiger partial charge in [0.1, 0.15) is 24.3 Å². The Kier molecular flexibility index (Phi) is 9.40. The zero-order valence-electron chi connectivity index (χ0n) is 19.5. The molecule has 0 saturated carbocycles. The molecule has 11 nitrogen and oxygen atoms in total. The summed E-state index contributed by atoms with van der Waals surface area (Å²) in [5, 5.41) is 13.9. The Morgan fingerprint density at radius 1 is 1.15 bits per heavy atom. The second kappa shape index (κ2) is 12.0. The van der Waals surface area contributed by atoms with Crippen LogP contribution in [-0.4, -0.2) is 70.6 Å². The van der Waals surface area contributed by atoms with E-state index in [1.165, 1.54) is 4.90 Å². The summed E-state index contributed by atoms with van der Waals surface area (Å²) in [4.78, 5) is 62.1. The number of benzene rings is 1. The van der Waals surface area contributed by atoms with Gasteiger partial charge < -0.3 is 30.1 Å². The van der Waals surface area contributed by atoms with Gasteiger partial charge in [0.25, 0.3) is 0 Å². The molecule has 0 radical (unpaired) electrons. The van der Waals surface area contributed by atoms with E-state index in [-0.39, 0.29) is 13.2 Å². The molecule has 0 bridgehead atoms. The molecule has 1 aromatic carbocycles. The summed E-state index contributed by atoms with van der Waals surface area (Å²) in [6, 6.07) is 6.59. The van der Waals surface area contributed by atoms with E-state index >= 15 is 0 Å². The molecule has 3 N–H and O–H groups in total. The van der Waals surface area contributed by atoms with Crippen molar-refractivity contribution in [3.63, 3.8) is 0 Å². The van der Waals surface area contributed by atoms with Gasteiger partial charge in [-0.15, -0.1) is 0 Å². The summed E-state index contributed by atoms with van der Waals surface area (Å²) in [7, 11) is 0. The number of rotatable bonds is 9. The first-order valence-electron chi connectivity index (χ1n) is 11.0. The zero-order chi connectivity index (χ0) is 25.3. The summed E-state index contributed by atoms with van der Waals surface area (Å²) in [5.41, 5.74) is -0.0706. The van der Waals surface area contributed by atoms with Gasteiger partial charge in [-0.1, -0.05) is 30.3 Å². The molecule has 2 rings (SSSR count). The van der Waals surface area contributed by atoms with Gasteiger partial charge in [0.05, 0.1) is 13.0 Å². The van der Waals surface area contributed by atoms with Crippen LogP contribution in [0.3, 0.4) is 0 Å². The third-order valence-corrected chi connectivity index (χ3v) is 4.88. The summed E-state index contributed by atoms with van der Waals surface area (Å²) < 4.78 is 10.3. The maximum absolute atomic E-state index is 12.7. The molecule has 0 aliphatic carbocycles. The predicted molar refractivity (Wildman–Crippen MR) is 119 cm³/mol. The number of aliphatic carboxylic acids is 1. The van der Waals surface area contributed by atoms with Crippen molar-refractivity contribution in [1.29, 1.82) is 0 Å². The number of nitrogens with zero attached hydrogens (tertiary/aromatic N) is 1. The standard InChI is InChI=1S/C23H31N3O8/c1-23(2,3)34-19(28)12-16(25-22(32)33-14-15-8-5-4-6-9-15)20(29)24-13-18(27)26-11-7-10-17(26)21(30)31/h4-6,8-9,16-17H,7,10-14H2,1-3H3,(H,24,29)(H,25,32)(H,30,31)/t16-,17+/m0/s1. The van der Waals surface area contributed by atoms with E-state index in [2.05, 4.69) is 10.6 Å². The van der Waals surface area contributed by atoms with E-state index < -0.39 is 60.5 Å². The van der Waals surface area contributed by atoms with E-state index in [1.54, 1.807) is 45.0 Å². The number of ether oxygens (including phenoxy) is 2. The Morgan fingerprint density at radius 2 is 1.82 bits per heavy atom. The minimum absolute atomic E-state index is 0.0442. The van der Waals surface area contributed by atoms with E-state index in [4.69, 9.17) is 9.47 Å². The van der Waals surface area contributed by atoms with E-state index in [9.17, 15) is 29.1 Å². The van der Waals surface area contributed by atoms with Crippen molar-refractivity contribution < 1.29 is 38.6 Å². The lowest BCUT2D eigenvalue weighted by molar-refractivity contribution is -0.156. The highest BCUT2D eigenvalue weighted by molar-refractivity contribution is 5.93. The lowest BCUT2D eigenvalue weighted by atomic mass is 10.1. The van der Waals surface area contributed by atoms with Crippen LogP contribution in [0.2, 0.25) is 0 Å². The average Bonchev–Trinajstić information content (AvgIpc) is 3.25. The molecule has 1 saturated heterocycles. The van der Waals surface area contributed by atoms with Crippen molar-refractivity contribution in [3.05, 3.63) is 35.9 Å². The first-order valence-corrected chi connectivity index (χ1v) is 11.0. The quantitative estimate of drug-likeness (QED) is 0.449. The van der Waals surface area contributed by atoms with Crippen molar-refractivity contribution in [2.24, 2.45) is 0 Å². The monoisotopic (exact) mass is 477 g/mol. The fourth-order valence-electron chi connectivity index (χ4n) is 3.38. The van der Waals surface area contributed by atoms with Crippen LogP contribution >= 0.6 is 0 Å². The molecular weight excluding hydrogens is 446 g/mol. The topological polar surface area (TPSA) is 151 Å². The number of carboxylic acid groups (broad SMARTS) is 1. The Hall–Kier alpha value is -3.63. The van der Waals surface area contributed by atoms with Crippen LogP contribution in [0.25, 0.3) is 0 Å². The average molecular weight is 478 g/mol. The van der Waals surface area contributed by atoms with Crippen LogP contribution in [0.5, 0.6) is 0 Å². The van der Waals surface area contributed by atoms with Gasteiger partial charge in [-0.25, -0.2) is 9.59 Å². The molecule has 0 aromatic heterocycles. The fraction of sp³-hybridized carbons (Fsp3) is 0.522. The number of hydrogen-bond acceptors (Lipinski definition) is 7. The van der Waals surface area contributed by atoms with Crippen LogP contribution in [-0.2, 0) is 35.3 Å². The van der Waals surface area contributed by atoms with Crippen molar-refractivity contribution in [1.82, 2.24) is 15.5 Å². The molecule has 1 aromatic rings. The zero-order valence-corrected chi connectivity index (χ0v) is 19.5. The first kappa shape index (κ1) is 26.6. The molecule has 3 amide bonds. The predicted octanol–water partition coefficient (Wildman–Crippen LogP) is 1.21. The second-order valence-electron chi connectivity index (χ2n) is 8.85. The smallest absolute Gasteiger partial charge is 0.408 e. The number of likely N-dealkylation sites (tertiary alicyclic amines) is 1. The summed E-state index contributed by atoms with van der Waals surface area (Å²) in [5.74, 6) is -3.21. The molecule has 11 heteroatoms. The third-order valence-electron chi connectivity index (χ3n) is 4.88. The summed E-state index contributed by atoms with van der Waals surface area (Å²) >= 11 is 0. The highest BCUT2D eigenvalue weighted by atomic mass is 16.6. The lowest BCUT2D eigenvalue weighted by Crippen LogP contribution is -2.51. The Bertz CT molecular complexity index is 897. The third kappa shape index (κ3) is 8.72. The number of alkyl carbamates (subject to hydrolysis) is 1. The maximum Gasteiger partial charge on any atom is 0.408 e. The van der Waals surface area contributed by atoms with E-state index in [0.29, 0.717) is 12.8 Å². The van der Waals surface area contributed by atoms with Crippen molar-refractivity contribution in [3.8, 4) is 0 Å². The summed E-state index contributed by atoms with van der Waals surface area (Å²) in [6.07, 6.45) is -0.527. The number of esters is 1. The van der Waals surface area contributed by atoms with Gasteiger partial charge in [0, 0.05) is 6.54 Å². The number of carboxylic acids is 1. The van der Waals surface area contributed by atoms with Crippen LogP contribution < -0.4 is 10.6 Å². The Balaban J connectivity index is 1.98. The number of amides is 3. The van der Waals surface area contributed by atoms with Crippen molar-refractivity contribution in [2.75, 3.05) is 13.1 Å². The molecule has 2 atom stereocenters. The van der Waals surface area contributed by atoms with Crippen LogP contribution in [0.4, 0.5) is 4.79 Å². The SMILES string of the molecule is CC(C)(C)OC(=O)C[C@H](NC(=O)OCc1ccccc1)C(=O)NCC(=O)N1CCC[C@@H]1C(=O)O. The number of hydrogen-bond donors (Lipinski definition) is 3. The minimum Gasteiger partial charge on any atom is -0.480 e. The van der Waals surface area contributed by atoms with Gasteiger partial charge >= 0.3 is 18.0 Å². The molecule has 0 spiro atoms. The largest absolute Gasteiger partial charge is 0.480 e. The summed E-state index contributed by atoms with van der Waals surface area (Å²) in [6.45, 7) is 4.74. The molecule has 1 fully saturated rings. The molecule has 1 aliphatic heterocycles. The Morgan fingerprint density at radius 3 is 2.44 bits per heavy atom. The molecule has 1 heterocycles. The van der Waals surface area contributed by atoms with Crippen LogP contribution in [0.1, 0.15) is 45.6 Å². The fourth-order valence-corrected chi connectivity index (χ4v) is 3.38. The van der Waals surface area contributed by atoms with Crippen LogP contribution in [0.15, 0.2) is 30.3 Å². The Labute approximate surface area is 197 Å². The van der Waals surface area contributed by atoms with E-state index in [1.807, 2.05) is 6.07 Å². The molecule has 34 heavy (non-hydrogen) atoms. The number of carbonyl (C=O) groups is 5. The highest BCUT2D eigenvalue weighted by Gasteiger charge is 2.34. The lowest BCUT2D eigenvalue weighted by Gasteiger charge is -2.24. The van der Waals surface area contributed by atoms with Gasteiger partial charge in [0.2, 0.25) is 11.8 Å².